The Hall–Kier alpha value is -0.780. The predicted molar refractivity (Wildman–Crippen MR) is 96.4 cm³/mol. The number of hydrogen-bond donors (Lipinski definition) is 2. The third kappa shape index (κ3) is 7.10. The Bertz CT molecular complexity index is 505. The molecule has 1 amide bonds. The summed E-state index contributed by atoms with van der Waals surface area (Å²) >= 11 is 7.59. The van der Waals surface area contributed by atoms with Gasteiger partial charge in [-0.3, -0.25) is 0 Å². The van der Waals surface area contributed by atoms with E-state index in [-0.39, 0.29) is 12.1 Å². The molecule has 1 fully saturated rings. The van der Waals surface area contributed by atoms with E-state index in [0.717, 1.165) is 43.0 Å². The molecule has 4 nitrogen and oxygen atoms in total. The SMILES string of the molecule is CC(C)(C)OC(=O)NC1CCC(NCCc2ccc(Cl)s2)CC1. The van der Waals surface area contributed by atoms with Crippen molar-refractivity contribution >= 4 is 29.0 Å². The first-order valence-electron chi connectivity index (χ1n) is 8.29. The highest BCUT2D eigenvalue weighted by Gasteiger charge is 2.24. The number of alkyl carbamates (subject to hydrolysis) is 1. The Balaban J connectivity index is 1.61. The van der Waals surface area contributed by atoms with Crippen molar-refractivity contribution in [2.45, 2.75) is 70.6 Å². The van der Waals surface area contributed by atoms with Crippen molar-refractivity contribution < 1.29 is 9.53 Å². The molecule has 0 atom stereocenters. The summed E-state index contributed by atoms with van der Waals surface area (Å²) in [7, 11) is 0. The van der Waals surface area contributed by atoms with Gasteiger partial charge in [-0.25, -0.2) is 4.79 Å². The summed E-state index contributed by atoms with van der Waals surface area (Å²) in [4.78, 5) is 13.1. The minimum absolute atomic E-state index is 0.235. The molecular weight excluding hydrogens is 332 g/mol. The molecule has 130 valence electrons. The number of ether oxygens (including phenoxy) is 1. The molecule has 1 saturated carbocycles. The first kappa shape index (κ1) is 18.6. The molecule has 1 aliphatic rings. The second-order valence-corrected chi connectivity index (χ2v) is 8.90. The third-order valence-corrected chi connectivity index (χ3v) is 5.17. The number of carbonyl (C=O) groups is 1. The van der Waals surface area contributed by atoms with Crippen molar-refractivity contribution in [1.29, 1.82) is 0 Å². The van der Waals surface area contributed by atoms with Crippen LogP contribution in [0, 0.1) is 0 Å². The molecule has 0 unspecified atom stereocenters. The largest absolute Gasteiger partial charge is 0.444 e. The van der Waals surface area contributed by atoms with E-state index in [0.29, 0.717) is 6.04 Å². The summed E-state index contributed by atoms with van der Waals surface area (Å²) < 4.78 is 6.16. The summed E-state index contributed by atoms with van der Waals surface area (Å²) in [6, 6.07) is 4.83. The molecule has 0 saturated heterocycles. The van der Waals surface area contributed by atoms with Crippen LogP contribution in [0.5, 0.6) is 0 Å². The summed E-state index contributed by atoms with van der Waals surface area (Å²) in [6.45, 7) is 6.63. The zero-order chi connectivity index (χ0) is 16.9. The Morgan fingerprint density at radius 1 is 1.26 bits per heavy atom. The molecule has 0 spiro atoms. The summed E-state index contributed by atoms with van der Waals surface area (Å²) in [6.07, 6.45) is 4.90. The summed E-state index contributed by atoms with van der Waals surface area (Å²) in [5.41, 5.74) is -0.437. The van der Waals surface area contributed by atoms with Crippen LogP contribution in [-0.2, 0) is 11.2 Å². The quantitative estimate of drug-likeness (QED) is 0.821. The molecular formula is C17H27ClN2O2S. The molecule has 1 aromatic heterocycles. The van der Waals surface area contributed by atoms with Crippen LogP contribution in [0.1, 0.15) is 51.3 Å². The molecule has 23 heavy (non-hydrogen) atoms. The van der Waals surface area contributed by atoms with Gasteiger partial charge in [0.1, 0.15) is 5.60 Å². The van der Waals surface area contributed by atoms with Gasteiger partial charge in [0, 0.05) is 23.5 Å². The Kier molecular flexibility index (Phi) is 6.74. The Morgan fingerprint density at radius 2 is 1.91 bits per heavy atom. The van der Waals surface area contributed by atoms with Crippen LogP contribution in [0.4, 0.5) is 4.79 Å². The van der Waals surface area contributed by atoms with Crippen molar-refractivity contribution in [2.75, 3.05) is 6.54 Å². The van der Waals surface area contributed by atoms with Crippen LogP contribution in [0.25, 0.3) is 0 Å². The highest BCUT2D eigenvalue weighted by atomic mass is 35.5. The van der Waals surface area contributed by atoms with Gasteiger partial charge in [0.15, 0.2) is 0 Å². The van der Waals surface area contributed by atoms with Gasteiger partial charge in [0.25, 0.3) is 0 Å². The van der Waals surface area contributed by atoms with E-state index in [1.54, 1.807) is 11.3 Å². The molecule has 2 rings (SSSR count). The van der Waals surface area contributed by atoms with Gasteiger partial charge in [0.2, 0.25) is 0 Å². The zero-order valence-electron chi connectivity index (χ0n) is 14.2. The molecule has 2 N–H and O–H groups in total. The van der Waals surface area contributed by atoms with E-state index >= 15 is 0 Å². The van der Waals surface area contributed by atoms with Crippen molar-refractivity contribution in [1.82, 2.24) is 10.6 Å². The monoisotopic (exact) mass is 358 g/mol. The third-order valence-electron chi connectivity index (χ3n) is 3.88. The lowest BCUT2D eigenvalue weighted by atomic mass is 9.91. The molecule has 0 radical (unpaired) electrons. The number of nitrogens with one attached hydrogen (secondary N) is 2. The Labute approximate surface area is 147 Å². The molecule has 1 aliphatic carbocycles. The van der Waals surface area contributed by atoms with Crippen LogP contribution >= 0.6 is 22.9 Å². The average Bonchev–Trinajstić information content (AvgIpc) is 2.84. The smallest absolute Gasteiger partial charge is 0.407 e. The number of halogens is 1. The van der Waals surface area contributed by atoms with Gasteiger partial charge in [-0.2, -0.15) is 0 Å². The zero-order valence-corrected chi connectivity index (χ0v) is 15.7. The van der Waals surface area contributed by atoms with Crippen molar-refractivity contribution in [3.05, 3.63) is 21.3 Å². The fourth-order valence-electron chi connectivity index (χ4n) is 2.80. The minimum atomic E-state index is -0.437. The van der Waals surface area contributed by atoms with Gasteiger partial charge in [-0.1, -0.05) is 11.6 Å². The highest BCUT2D eigenvalue weighted by Crippen LogP contribution is 2.22. The van der Waals surface area contributed by atoms with Crippen LogP contribution in [0.2, 0.25) is 4.34 Å². The summed E-state index contributed by atoms with van der Waals surface area (Å²) in [5.74, 6) is 0. The molecule has 1 aromatic rings. The van der Waals surface area contributed by atoms with Crippen LogP contribution < -0.4 is 10.6 Å². The number of amides is 1. The topological polar surface area (TPSA) is 50.4 Å². The minimum Gasteiger partial charge on any atom is -0.444 e. The lowest BCUT2D eigenvalue weighted by molar-refractivity contribution is 0.0490. The lowest BCUT2D eigenvalue weighted by Gasteiger charge is -2.30. The number of thiophene rings is 1. The second kappa shape index (κ2) is 8.36. The normalized spacial score (nSPS) is 21.9. The highest BCUT2D eigenvalue weighted by molar-refractivity contribution is 7.16. The number of hydrogen-bond acceptors (Lipinski definition) is 4. The van der Waals surface area contributed by atoms with Gasteiger partial charge >= 0.3 is 6.09 Å². The fourth-order valence-corrected chi connectivity index (χ4v) is 3.89. The van der Waals surface area contributed by atoms with Gasteiger partial charge < -0.3 is 15.4 Å². The van der Waals surface area contributed by atoms with Gasteiger partial charge in [-0.05, 0) is 65.0 Å². The maximum absolute atomic E-state index is 11.8. The Morgan fingerprint density at radius 3 is 2.48 bits per heavy atom. The standard InChI is InChI=1S/C17H27ClN2O2S/c1-17(2,3)22-16(21)20-13-6-4-12(5-7-13)19-11-10-14-8-9-15(18)23-14/h8-9,12-13,19H,4-7,10-11H2,1-3H3,(H,20,21). The lowest BCUT2D eigenvalue weighted by Crippen LogP contribution is -2.44. The van der Waals surface area contributed by atoms with Gasteiger partial charge in [-0.15, -0.1) is 11.3 Å². The van der Waals surface area contributed by atoms with Crippen molar-refractivity contribution in [2.24, 2.45) is 0 Å². The molecule has 0 aromatic carbocycles. The van der Waals surface area contributed by atoms with Crippen LogP contribution in [0.3, 0.4) is 0 Å². The maximum Gasteiger partial charge on any atom is 0.407 e. The molecule has 0 bridgehead atoms. The number of carbonyl (C=O) groups excluding carboxylic acids is 1. The first-order valence-corrected chi connectivity index (χ1v) is 9.48. The van der Waals surface area contributed by atoms with Crippen molar-refractivity contribution in [3.63, 3.8) is 0 Å². The molecule has 1 heterocycles. The van der Waals surface area contributed by atoms with E-state index in [1.807, 2.05) is 26.8 Å². The average molecular weight is 359 g/mol. The van der Waals surface area contributed by atoms with E-state index < -0.39 is 5.60 Å². The predicted octanol–water partition coefficient (Wildman–Crippen LogP) is 4.37. The van der Waals surface area contributed by atoms with Gasteiger partial charge in [0.05, 0.1) is 4.34 Å². The fraction of sp³-hybridized carbons (Fsp3) is 0.706. The number of rotatable bonds is 5. The van der Waals surface area contributed by atoms with Crippen LogP contribution in [-0.4, -0.2) is 30.3 Å². The van der Waals surface area contributed by atoms with E-state index in [4.69, 9.17) is 16.3 Å². The van der Waals surface area contributed by atoms with E-state index in [9.17, 15) is 4.79 Å². The second-order valence-electron chi connectivity index (χ2n) is 7.10. The molecule has 0 aliphatic heterocycles. The first-order chi connectivity index (χ1) is 10.8. The van der Waals surface area contributed by atoms with E-state index in [2.05, 4.69) is 16.7 Å². The summed E-state index contributed by atoms with van der Waals surface area (Å²) in [5, 5.41) is 6.59. The van der Waals surface area contributed by atoms with Crippen LogP contribution in [0.15, 0.2) is 12.1 Å². The maximum atomic E-state index is 11.8. The van der Waals surface area contributed by atoms with Crippen molar-refractivity contribution in [3.8, 4) is 0 Å². The van der Waals surface area contributed by atoms with E-state index in [1.165, 1.54) is 4.88 Å². The molecule has 6 heteroatoms.